The van der Waals surface area contributed by atoms with E-state index in [-0.39, 0.29) is 17.7 Å². The van der Waals surface area contributed by atoms with E-state index in [9.17, 15) is 14.0 Å². The number of aryl methyl sites for hydroxylation is 1. The number of benzene rings is 2. The molecule has 0 saturated heterocycles. The van der Waals surface area contributed by atoms with Crippen LogP contribution in [0, 0.1) is 18.6 Å². The minimum atomic E-state index is -0.686. The summed E-state index contributed by atoms with van der Waals surface area (Å²) >= 11 is 0. The Hall–Kier alpha value is -5.05. The van der Waals surface area contributed by atoms with Gasteiger partial charge in [0, 0.05) is 31.1 Å². The lowest BCUT2D eigenvalue weighted by atomic mass is 10.0. The summed E-state index contributed by atoms with van der Waals surface area (Å²) in [5.74, 6) is -1.07. The highest BCUT2D eigenvalue weighted by Gasteiger charge is 2.18. The molecule has 0 N–H and O–H groups in total. The first-order valence-electron chi connectivity index (χ1n) is 12.0. The number of hydrogen-bond acceptors (Lipinski definition) is 6. The van der Waals surface area contributed by atoms with Gasteiger partial charge in [-0.05, 0) is 73.0 Å². The summed E-state index contributed by atoms with van der Waals surface area (Å²) < 4.78 is 35.4. The van der Waals surface area contributed by atoms with Crippen molar-refractivity contribution in [3.05, 3.63) is 124 Å². The summed E-state index contributed by atoms with van der Waals surface area (Å²) in [6.07, 6.45) is 4.16. The van der Waals surface area contributed by atoms with Crippen molar-refractivity contribution in [2.24, 2.45) is 0 Å². The zero-order chi connectivity index (χ0) is 27.7. The van der Waals surface area contributed by atoms with Crippen molar-refractivity contribution in [3.63, 3.8) is 0 Å². The van der Waals surface area contributed by atoms with Gasteiger partial charge in [-0.25, -0.2) is 13.8 Å². The lowest BCUT2D eigenvalue weighted by Crippen LogP contribution is -2.28. The van der Waals surface area contributed by atoms with Crippen molar-refractivity contribution < 1.29 is 18.3 Å². The van der Waals surface area contributed by atoms with Gasteiger partial charge in [0.2, 0.25) is 0 Å². The Kier molecular flexibility index (Phi) is 6.81. The van der Waals surface area contributed by atoms with Crippen LogP contribution in [0.4, 0.5) is 8.78 Å². The van der Waals surface area contributed by atoms with E-state index in [1.807, 2.05) is 13.0 Å². The van der Waals surface area contributed by atoms with Crippen LogP contribution in [0.2, 0.25) is 0 Å². The monoisotopic (exact) mass is 524 g/mol. The third kappa shape index (κ3) is 5.19. The van der Waals surface area contributed by atoms with Crippen LogP contribution in [0.1, 0.15) is 34.2 Å². The molecule has 39 heavy (non-hydrogen) atoms. The molecule has 0 bridgehead atoms. The summed E-state index contributed by atoms with van der Waals surface area (Å²) in [7, 11) is 0. The number of allylic oxidation sites excluding steroid dienone is 1. The van der Waals surface area contributed by atoms with Gasteiger partial charge in [0.25, 0.3) is 5.56 Å². The predicted molar refractivity (Wildman–Crippen MR) is 143 cm³/mol. The normalized spacial score (nSPS) is 11.0. The fourth-order valence-electron chi connectivity index (χ4n) is 4.08. The number of ketones is 1. The third-order valence-corrected chi connectivity index (χ3v) is 6.14. The number of ether oxygens (including phenoxy) is 1. The van der Waals surface area contributed by atoms with Crippen LogP contribution in [-0.4, -0.2) is 25.3 Å². The van der Waals surface area contributed by atoms with Crippen LogP contribution in [0.3, 0.4) is 0 Å². The zero-order valence-corrected chi connectivity index (χ0v) is 21.1. The molecule has 5 aromatic rings. The molecule has 0 aliphatic rings. The highest BCUT2D eigenvalue weighted by atomic mass is 19.1. The second kappa shape index (κ2) is 10.4. The molecular weight excluding hydrogens is 502 g/mol. The Balaban J connectivity index is 1.38. The van der Waals surface area contributed by atoms with Crippen molar-refractivity contribution >= 4 is 22.4 Å². The summed E-state index contributed by atoms with van der Waals surface area (Å²) in [6.45, 7) is 7.37. The van der Waals surface area contributed by atoms with Crippen molar-refractivity contribution in [1.29, 1.82) is 0 Å². The maximum absolute atomic E-state index is 15.0. The van der Waals surface area contributed by atoms with Gasteiger partial charge in [0.1, 0.15) is 22.7 Å². The number of nitrogens with zero attached hydrogens (tertiary/aromatic N) is 4. The third-order valence-electron chi connectivity index (χ3n) is 6.14. The predicted octanol–water partition coefficient (Wildman–Crippen LogP) is 6.01. The molecule has 9 heteroatoms. The van der Waals surface area contributed by atoms with Gasteiger partial charge in [-0.1, -0.05) is 12.6 Å². The minimum absolute atomic E-state index is 0.0554. The number of carbonyl (C=O) groups excluding carboxylic acids is 1. The van der Waals surface area contributed by atoms with Crippen LogP contribution < -0.4 is 10.3 Å². The van der Waals surface area contributed by atoms with Gasteiger partial charge in [0.05, 0.1) is 11.2 Å². The van der Waals surface area contributed by atoms with E-state index in [0.29, 0.717) is 33.9 Å². The quantitative estimate of drug-likeness (QED) is 0.242. The lowest BCUT2D eigenvalue weighted by molar-refractivity contribution is 0.0990. The molecule has 0 aliphatic carbocycles. The first-order chi connectivity index (χ1) is 18.7. The molecule has 0 amide bonds. The maximum atomic E-state index is 15.0. The number of pyridine rings is 2. The first-order valence-corrected chi connectivity index (χ1v) is 12.0. The topological polar surface area (TPSA) is 87.0 Å². The van der Waals surface area contributed by atoms with E-state index < -0.39 is 23.0 Å². The number of fused-ring (bicyclic) bond motifs is 1. The molecule has 2 aromatic carbocycles. The first kappa shape index (κ1) is 25.6. The molecule has 194 valence electrons. The number of halogens is 2. The molecule has 0 radical (unpaired) electrons. The van der Waals surface area contributed by atoms with E-state index in [2.05, 4.69) is 21.5 Å². The van der Waals surface area contributed by atoms with Crippen molar-refractivity contribution in [2.45, 2.75) is 20.3 Å². The highest BCUT2D eigenvalue weighted by Crippen LogP contribution is 2.30. The standard InChI is InChI=1S/C30H22F2N4O3/c1-17(2)20-14-25-29(35-15-20)28(10-11-33-25)39-27-9-4-19(12-24(27)32)13-26(37)23-16-34-18(3)36(30(23)38)22-7-5-21(31)6-8-22/h4-12,14-16H,1,13H2,2-3H3. The summed E-state index contributed by atoms with van der Waals surface area (Å²) in [4.78, 5) is 39.0. The zero-order valence-electron chi connectivity index (χ0n) is 21.1. The number of Topliss-reactive ketones (excluding diaryl/α,β-unsaturated/α-hetero) is 1. The fourth-order valence-corrected chi connectivity index (χ4v) is 4.08. The summed E-state index contributed by atoms with van der Waals surface area (Å²) in [6, 6.07) is 12.8. The average molecular weight is 525 g/mol. The SMILES string of the molecule is C=C(C)c1cnc2c(Oc3ccc(CC(=O)c4cnc(C)n(-c5ccc(F)cc5)c4=O)cc3F)ccnc2c1. The van der Waals surface area contributed by atoms with E-state index in [1.165, 1.54) is 47.2 Å². The molecule has 3 heterocycles. The molecule has 0 atom stereocenters. The van der Waals surface area contributed by atoms with E-state index in [0.717, 1.165) is 11.1 Å². The average Bonchev–Trinajstić information content (AvgIpc) is 2.91. The molecule has 7 nitrogen and oxygen atoms in total. The molecular formula is C30H22F2N4O3. The molecule has 0 saturated carbocycles. The Labute approximate surface area is 222 Å². The Morgan fingerprint density at radius 2 is 1.74 bits per heavy atom. The Morgan fingerprint density at radius 1 is 0.974 bits per heavy atom. The largest absolute Gasteiger partial charge is 0.452 e. The van der Waals surface area contributed by atoms with Gasteiger partial charge in [-0.3, -0.25) is 24.1 Å². The van der Waals surface area contributed by atoms with Crippen LogP contribution >= 0.6 is 0 Å². The second-order valence-corrected chi connectivity index (χ2v) is 8.98. The van der Waals surface area contributed by atoms with E-state index in [1.54, 1.807) is 31.5 Å². The number of aromatic nitrogens is 4. The highest BCUT2D eigenvalue weighted by molar-refractivity contribution is 5.97. The van der Waals surface area contributed by atoms with E-state index in [4.69, 9.17) is 4.74 Å². The van der Waals surface area contributed by atoms with Gasteiger partial charge >= 0.3 is 0 Å². The number of hydrogen-bond donors (Lipinski definition) is 0. The van der Waals surface area contributed by atoms with Crippen molar-refractivity contribution in [3.8, 4) is 17.2 Å². The van der Waals surface area contributed by atoms with Gasteiger partial charge in [-0.2, -0.15) is 0 Å². The minimum Gasteiger partial charge on any atom is -0.452 e. The molecule has 0 fully saturated rings. The van der Waals surface area contributed by atoms with Crippen LogP contribution in [-0.2, 0) is 6.42 Å². The van der Waals surface area contributed by atoms with Gasteiger partial charge in [0.15, 0.2) is 23.1 Å². The van der Waals surface area contributed by atoms with E-state index >= 15 is 4.39 Å². The Morgan fingerprint density at radius 3 is 2.46 bits per heavy atom. The Bertz CT molecular complexity index is 1810. The summed E-state index contributed by atoms with van der Waals surface area (Å²) in [5.41, 5.74) is 2.69. The molecule has 3 aromatic heterocycles. The smallest absolute Gasteiger partial charge is 0.268 e. The van der Waals surface area contributed by atoms with Crippen LogP contribution in [0.25, 0.3) is 22.3 Å². The van der Waals surface area contributed by atoms with Crippen molar-refractivity contribution in [1.82, 2.24) is 19.5 Å². The molecule has 0 unspecified atom stereocenters. The molecule has 0 spiro atoms. The second-order valence-electron chi connectivity index (χ2n) is 8.98. The number of rotatable bonds is 7. The maximum Gasteiger partial charge on any atom is 0.268 e. The molecule has 0 aliphatic heterocycles. The van der Waals surface area contributed by atoms with Crippen molar-refractivity contribution in [2.75, 3.05) is 0 Å². The van der Waals surface area contributed by atoms with Crippen LogP contribution in [0.15, 0.2) is 84.6 Å². The van der Waals surface area contributed by atoms with Crippen LogP contribution in [0.5, 0.6) is 11.5 Å². The molecule has 5 rings (SSSR count). The lowest BCUT2D eigenvalue weighted by Gasteiger charge is -2.12. The fraction of sp³-hybridized carbons (Fsp3) is 0.100. The van der Waals surface area contributed by atoms with Gasteiger partial charge < -0.3 is 4.74 Å². The summed E-state index contributed by atoms with van der Waals surface area (Å²) in [5, 5.41) is 0. The number of carbonyl (C=O) groups is 1. The van der Waals surface area contributed by atoms with Gasteiger partial charge in [-0.15, -0.1) is 0 Å².